The Morgan fingerprint density at radius 1 is 0.737 bits per heavy atom. The third kappa shape index (κ3) is 7.69. The zero-order valence-corrected chi connectivity index (χ0v) is 20.3. The molecule has 0 unspecified atom stereocenters. The molecule has 0 amide bonds. The van der Waals surface area contributed by atoms with E-state index in [0.717, 1.165) is 0 Å². The van der Waals surface area contributed by atoms with Crippen molar-refractivity contribution in [2.24, 2.45) is 0 Å². The maximum atomic E-state index is 11.4. The summed E-state index contributed by atoms with van der Waals surface area (Å²) in [5.41, 5.74) is -2.12. The molecule has 0 aromatic rings. The molecule has 14 atom stereocenters. The van der Waals surface area contributed by atoms with E-state index in [-0.39, 0.29) is 0 Å². The summed E-state index contributed by atoms with van der Waals surface area (Å²) in [6.45, 7) is -2.45. The topological polar surface area (TPSA) is 334 Å². The lowest BCUT2D eigenvalue weighted by molar-refractivity contribution is -0.333. The van der Waals surface area contributed by atoms with E-state index in [1.54, 1.807) is 0 Å². The van der Waals surface area contributed by atoms with Gasteiger partial charge in [-0.2, -0.15) is 0 Å². The SMILES string of the molecule is O=C([C@H](O)[C@@H](O)[C@H](O)[C@H](O)CO[C@H]1O[C@H](CO[C@H]2O[C@H](CO)[C@@H](O)[C@H](O)[C@H]2O)[C@@H](O)[C@H](O)[C@H]1O)P(=O)(O)O. The standard InChI is InChI=1S/C18H33O19P/c19-1-5-8(22)11(25)14(28)18(36-5)35-3-6-9(23)12(26)15(29)17(37-6)34-2-4(20)7(21)10(24)13(27)16(30)38(31,32)33/h4-15,17-29H,1-3H2,(H2,31,32,33)/t4-,5-,6-,7-,8-,9-,10+,11+,12+,13-,14-,15-,17+,18+/m1/s1. The highest BCUT2D eigenvalue weighted by molar-refractivity contribution is 7.70. The summed E-state index contributed by atoms with van der Waals surface area (Å²) >= 11 is 0. The van der Waals surface area contributed by atoms with Crippen molar-refractivity contribution in [2.75, 3.05) is 19.8 Å². The van der Waals surface area contributed by atoms with Crippen molar-refractivity contribution in [1.29, 1.82) is 0 Å². The van der Waals surface area contributed by atoms with Crippen molar-refractivity contribution >= 4 is 13.1 Å². The fourth-order valence-electron chi connectivity index (χ4n) is 3.61. The van der Waals surface area contributed by atoms with Crippen molar-refractivity contribution in [1.82, 2.24) is 0 Å². The Morgan fingerprint density at radius 3 is 1.71 bits per heavy atom. The number of carbonyl (C=O) groups excluding carboxylic acids is 1. The largest absolute Gasteiger partial charge is 0.394 e. The molecule has 20 heteroatoms. The van der Waals surface area contributed by atoms with E-state index in [2.05, 4.69) is 0 Å². The van der Waals surface area contributed by atoms with Gasteiger partial charge in [0.2, 0.25) is 0 Å². The minimum Gasteiger partial charge on any atom is -0.394 e. The third-order valence-electron chi connectivity index (χ3n) is 5.98. The first-order valence-electron chi connectivity index (χ1n) is 11.1. The third-order valence-corrected chi connectivity index (χ3v) is 6.82. The van der Waals surface area contributed by atoms with Gasteiger partial charge in [-0.25, -0.2) is 0 Å². The molecule has 224 valence electrons. The van der Waals surface area contributed by atoms with Crippen LogP contribution in [-0.4, -0.2) is 177 Å². The Morgan fingerprint density at radius 2 is 1.21 bits per heavy atom. The number of ether oxygens (including phenoxy) is 4. The highest BCUT2D eigenvalue weighted by Crippen LogP contribution is 2.38. The van der Waals surface area contributed by atoms with E-state index < -0.39 is 119 Å². The number of aliphatic hydroxyl groups is 11. The number of rotatable bonds is 12. The Balaban J connectivity index is 1.97. The van der Waals surface area contributed by atoms with Gasteiger partial charge >= 0.3 is 7.60 Å². The van der Waals surface area contributed by atoms with Crippen LogP contribution < -0.4 is 0 Å². The smallest absolute Gasteiger partial charge is 0.394 e. The van der Waals surface area contributed by atoms with E-state index in [9.17, 15) is 65.5 Å². The van der Waals surface area contributed by atoms with Crippen LogP contribution in [0.3, 0.4) is 0 Å². The van der Waals surface area contributed by atoms with Gasteiger partial charge in [-0.15, -0.1) is 0 Å². The molecule has 0 bridgehead atoms. The van der Waals surface area contributed by atoms with Gasteiger partial charge in [-0.1, -0.05) is 0 Å². The van der Waals surface area contributed by atoms with E-state index in [0.29, 0.717) is 0 Å². The zero-order valence-electron chi connectivity index (χ0n) is 19.4. The molecule has 0 saturated carbocycles. The van der Waals surface area contributed by atoms with E-state index in [1.807, 2.05) is 0 Å². The van der Waals surface area contributed by atoms with Crippen molar-refractivity contribution in [3.63, 3.8) is 0 Å². The predicted octanol–water partition coefficient (Wildman–Crippen LogP) is -8.22. The van der Waals surface area contributed by atoms with Crippen LogP contribution in [0.5, 0.6) is 0 Å². The molecule has 2 heterocycles. The summed E-state index contributed by atoms with van der Waals surface area (Å²) in [6.07, 6.45) is -27.1. The molecule has 38 heavy (non-hydrogen) atoms. The van der Waals surface area contributed by atoms with Crippen LogP contribution in [0.4, 0.5) is 0 Å². The van der Waals surface area contributed by atoms with Gasteiger partial charge in [0.15, 0.2) is 18.7 Å². The first-order chi connectivity index (χ1) is 17.5. The number of aliphatic hydroxyl groups excluding tert-OH is 11. The molecule has 2 rings (SSSR count). The maximum absolute atomic E-state index is 11.4. The zero-order chi connectivity index (χ0) is 29.1. The fourth-order valence-corrected chi connectivity index (χ4v) is 4.11. The first kappa shape index (κ1) is 33.4. The highest BCUT2D eigenvalue weighted by atomic mass is 31.2. The molecule has 0 radical (unpaired) electrons. The molecule has 0 aromatic heterocycles. The Hall–Kier alpha value is -0.780. The van der Waals surface area contributed by atoms with Crippen LogP contribution in [0.25, 0.3) is 0 Å². The van der Waals surface area contributed by atoms with Gasteiger partial charge in [-0.3, -0.25) is 9.36 Å². The van der Waals surface area contributed by atoms with Crippen molar-refractivity contribution in [3.05, 3.63) is 0 Å². The lowest BCUT2D eigenvalue weighted by Gasteiger charge is -2.42. The average molecular weight is 584 g/mol. The minimum absolute atomic E-state index is 0.686. The number of carbonyl (C=O) groups is 1. The lowest BCUT2D eigenvalue weighted by Crippen LogP contribution is -2.62. The van der Waals surface area contributed by atoms with Crippen LogP contribution in [0.15, 0.2) is 0 Å². The molecule has 0 aliphatic carbocycles. The Bertz CT molecular complexity index is 809. The van der Waals surface area contributed by atoms with Gasteiger partial charge in [0.05, 0.1) is 19.8 Å². The quantitative estimate of drug-likeness (QED) is 0.0947. The molecule has 0 spiro atoms. The van der Waals surface area contributed by atoms with Gasteiger partial charge in [0.1, 0.15) is 67.1 Å². The molecule has 13 N–H and O–H groups in total. The van der Waals surface area contributed by atoms with Crippen LogP contribution >= 0.6 is 7.60 Å². The van der Waals surface area contributed by atoms with Crippen LogP contribution in [-0.2, 0) is 28.3 Å². The maximum Gasteiger partial charge on any atom is 0.394 e. The predicted molar refractivity (Wildman–Crippen MR) is 113 cm³/mol. The van der Waals surface area contributed by atoms with Crippen molar-refractivity contribution in [2.45, 2.75) is 85.8 Å². The van der Waals surface area contributed by atoms with Crippen molar-refractivity contribution in [3.8, 4) is 0 Å². The summed E-state index contributed by atoms with van der Waals surface area (Å²) in [5, 5.41) is 108. The summed E-state index contributed by atoms with van der Waals surface area (Å²) in [5.74, 6) is 0. The van der Waals surface area contributed by atoms with Crippen LogP contribution in [0.1, 0.15) is 0 Å². The lowest BCUT2D eigenvalue weighted by atomic mass is 9.98. The molecular formula is C18H33O19P. The Labute approximate surface area is 213 Å². The van der Waals surface area contributed by atoms with Crippen molar-refractivity contribution < 1.29 is 94.3 Å². The second-order valence-corrected chi connectivity index (χ2v) is 10.3. The number of hydrogen-bond acceptors (Lipinski definition) is 17. The average Bonchev–Trinajstić information content (AvgIpc) is 2.87. The molecule has 0 aromatic carbocycles. The normalized spacial score (nSPS) is 39.8. The van der Waals surface area contributed by atoms with Crippen LogP contribution in [0.2, 0.25) is 0 Å². The fraction of sp³-hybridized carbons (Fsp3) is 0.944. The van der Waals surface area contributed by atoms with E-state index in [4.69, 9.17) is 28.7 Å². The molecule has 2 aliphatic heterocycles. The summed E-state index contributed by atoms with van der Waals surface area (Å²) in [7, 11) is -5.49. The Kier molecular flexibility index (Phi) is 12.1. The van der Waals surface area contributed by atoms with Gasteiger partial charge in [0, 0.05) is 0 Å². The summed E-state index contributed by atoms with van der Waals surface area (Å²) < 4.78 is 31.6. The number of hydrogen-bond donors (Lipinski definition) is 13. The summed E-state index contributed by atoms with van der Waals surface area (Å²) in [4.78, 5) is 28.9. The summed E-state index contributed by atoms with van der Waals surface area (Å²) in [6, 6.07) is 0. The van der Waals surface area contributed by atoms with E-state index >= 15 is 0 Å². The molecule has 2 saturated heterocycles. The minimum atomic E-state index is -5.49. The van der Waals surface area contributed by atoms with Gasteiger partial charge in [-0.05, 0) is 0 Å². The molecule has 2 fully saturated rings. The van der Waals surface area contributed by atoms with E-state index in [1.165, 1.54) is 0 Å². The molecular weight excluding hydrogens is 551 g/mol. The first-order valence-corrected chi connectivity index (χ1v) is 12.7. The molecule has 2 aliphatic rings. The second-order valence-electron chi connectivity index (χ2n) is 8.75. The second kappa shape index (κ2) is 13.7. The highest BCUT2D eigenvalue weighted by Gasteiger charge is 2.48. The monoisotopic (exact) mass is 584 g/mol. The van der Waals surface area contributed by atoms with Gasteiger partial charge in [0.25, 0.3) is 5.52 Å². The molecule has 19 nitrogen and oxygen atoms in total. The van der Waals surface area contributed by atoms with Gasteiger partial charge < -0.3 is 84.9 Å². The van der Waals surface area contributed by atoms with Crippen LogP contribution in [0, 0.1) is 0 Å².